The van der Waals surface area contributed by atoms with Crippen LogP contribution >= 0.6 is 0 Å². The number of hydrogen-bond donors (Lipinski definition) is 17. The lowest BCUT2D eigenvalue weighted by Gasteiger charge is -2.33. The number of nitrogens with one attached hydrogen (secondary N) is 10. The maximum atomic E-state index is 13.2. The fraction of sp³-hybridized carbons (Fsp3) is 0.532. The number of primary amides is 1. The van der Waals surface area contributed by atoms with E-state index in [-0.39, 0.29) is 117 Å². The molecule has 5 amide bonds. The second-order valence-electron chi connectivity index (χ2n) is 16.7. The fourth-order valence-corrected chi connectivity index (χ4v) is 6.71. The highest BCUT2D eigenvalue weighted by Gasteiger charge is 2.33. The van der Waals surface area contributed by atoms with Crippen molar-refractivity contribution in [1.82, 2.24) is 53.8 Å². The van der Waals surface area contributed by atoms with Crippen LogP contribution in [0.1, 0.15) is 50.3 Å². The molecule has 30 heteroatoms. The summed E-state index contributed by atoms with van der Waals surface area (Å²) in [5.41, 5.74) is 20.4. The molecule has 0 radical (unpaired) electrons. The van der Waals surface area contributed by atoms with Gasteiger partial charge in [0.2, 0.25) is 0 Å². The molecule has 0 aliphatic rings. The Labute approximate surface area is 447 Å². The summed E-state index contributed by atoms with van der Waals surface area (Å²) in [7, 11) is 0. The summed E-state index contributed by atoms with van der Waals surface area (Å²) in [5.74, 6) is 33.5. The van der Waals surface area contributed by atoms with E-state index in [1.807, 2.05) is 0 Å². The zero-order chi connectivity index (χ0) is 55.8. The van der Waals surface area contributed by atoms with Gasteiger partial charge < -0.3 is 69.6 Å². The van der Waals surface area contributed by atoms with E-state index in [9.17, 15) is 19.2 Å². The van der Waals surface area contributed by atoms with E-state index in [0.29, 0.717) is 110 Å². The Morgan fingerprint density at radius 2 is 0.584 bits per heavy atom. The summed E-state index contributed by atoms with van der Waals surface area (Å²) in [6, 6.07) is 13.6. The molecule has 30 nitrogen and oxygen atoms in total. The third-order valence-corrected chi connectivity index (χ3v) is 10.3. The average Bonchev–Trinajstić information content (AvgIpc) is 3.41. The van der Waals surface area contributed by atoms with Crippen LogP contribution in [0.5, 0.6) is 34.5 Å². The van der Waals surface area contributed by atoms with Crippen LogP contribution in [0.2, 0.25) is 0 Å². The first kappa shape index (κ1) is 64.8. The van der Waals surface area contributed by atoms with Crippen LogP contribution in [0.15, 0.2) is 54.6 Å². The molecule has 432 valence electrons. The van der Waals surface area contributed by atoms with E-state index in [2.05, 4.69) is 53.8 Å². The molecule has 0 aliphatic carbocycles. The molecule has 24 N–H and O–H groups in total. The van der Waals surface area contributed by atoms with Crippen molar-refractivity contribution in [2.24, 2.45) is 40.8 Å². The van der Waals surface area contributed by atoms with E-state index in [0.717, 1.165) is 0 Å². The van der Waals surface area contributed by atoms with Crippen molar-refractivity contribution in [1.29, 1.82) is 0 Å². The van der Waals surface area contributed by atoms with E-state index in [4.69, 9.17) is 83.4 Å². The van der Waals surface area contributed by atoms with E-state index in [1.165, 1.54) is 0 Å². The molecular formula is C47H81N17O13. The first-order valence-electron chi connectivity index (χ1n) is 25.0. The molecule has 0 bridgehead atoms. The monoisotopic (exact) mass is 1090 g/mol. The summed E-state index contributed by atoms with van der Waals surface area (Å²) < 4.78 is 52.6. The van der Waals surface area contributed by atoms with Gasteiger partial charge in [-0.1, -0.05) is 0 Å². The molecule has 0 fully saturated rings. The number of hydrogen-bond acceptors (Lipinski definition) is 25. The van der Waals surface area contributed by atoms with Gasteiger partial charge in [0.25, 0.3) is 17.7 Å². The van der Waals surface area contributed by atoms with Crippen LogP contribution in [0.25, 0.3) is 0 Å². The number of rotatable bonds is 46. The highest BCUT2D eigenvalue weighted by atomic mass is 16.5. The van der Waals surface area contributed by atoms with Gasteiger partial charge in [-0.3, -0.25) is 82.0 Å². The van der Waals surface area contributed by atoms with Gasteiger partial charge in [-0.25, -0.2) is 4.79 Å². The van der Waals surface area contributed by atoms with Crippen molar-refractivity contribution in [3.8, 4) is 34.5 Å². The number of urea groups is 1. The lowest BCUT2D eigenvalue weighted by Crippen LogP contribution is -2.60. The lowest BCUT2D eigenvalue weighted by molar-refractivity contribution is -0.0349. The Morgan fingerprint density at radius 1 is 0.351 bits per heavy atom. The van der Waals surface area contributed by atoms with Gasteiger partial charge >= 0.3 is 6.03 Å². The molecule has 0 saturated carbocycles. The van der Waals surface area contributed by atoms with Gasteiger partial charge in [-0.05, 0) is 55.7 Å². The number of hydrazine groups is 6. The fourth-order valence-electron chi connectivity index (χ4n) is 6.71. The first-order chi connectivity index (χ1) is 37.5. The van der Waals surface area contributed by atoms with Crippen molar-refractivity contribution >= 4 is 23.8 Å². The quantitative estimate of drug-likeness (QED) is 0.0145. The third kappa shape index (κ3) is 27.9. The minimum Gasteiger partial charge on any atom is -0.492 e. The van der Waals surface area contributed by atoms with Crippen molar-refractivity contribution < 1.29 is 61.8 Å². The van der Waals surface area contributed by atoms with Crippen molar-refractivity contribution in [3.05, 3.63) is 71.3 Å². The number of benzene rings is 3. The van der Waals surface area contributed by atoms with E-state index >= 15 is 0 Å². The van der Waals surface area contributed by atoms with Crippen LogP contribution in [0, 0.1) is 0 Å². The minimum absolute atomic E-state index is 0.107. The van der Waals surface area contributed by atoms with Crippen molar-refractivity contribution in [3.63, 3.8) is 0 Å². The average molecular weight is 1090 g/mol. The number of amides is 5. The largest absolute Gasteiger partial charge is 0.492 e. The zero-order valence-electron chi connectivity index (χ0n) is 43.5. The van der Waals surface area contributed by atoms with E-state index in [1.54, 1.807) is 54.6 Å². The Bertz CT molecular complexity index is 1850. The first-order valence-corrected chi connectivity index (χ1v) is 25.0. The SMILES string of the molecule is NNCCOc1cc(OCCNN)cc(C(=O)NCCCOCC(COCCCNC(=O)c2cc(OCCNN)cc(OCCNN)c2)(COCCCNC(=O)c2cc(OCCNN)cc(OCCNN)c2)NC(N)=O)c1. The van der Waals surface area contributed by atoms with Gasteiger partial charge in [0, 0.05) is 114 Å². The number of carbonyl (C=O) groups excluding carboxylic acids is 4. The minimum atomic E-state index is -1.29. The standard InChI is InChI=1S/C47H81N17O13/c48-46(68)64-47(31-69-13-1-4-55-43(65)34-22-37(72-16-7-58-49)28-38(23-34)73-17-8-59-50,32-70-14-2-5-56-44(66)35-24-39(74-18-9-60-51)29-40(25-35)75-19-10-61-52)33-71-15-3-6-57-45(67)36-26-41(76-20-11-62-53)30-42(27-36)77-21-12-63-54/h22-30,58-63H,1-21,31-33,49-54H2,(H,55,65)(H,56,66)(H,57,67)(H3,48,64,68). The Kier molecular flexibility index (Phi) is 33.6. The molecule has 0 atom stereocenters. The number of nitrogens with two attached hydrogens (primary N) is 7. The van der Waals surface area contributed by atoms with Crippen LogP contribution in [0.4, 0.5) is 4.79 Å². The molecule has 3 aromatic carbocycles. The highest BCUT2D eigenvalue weighted by molar-refractivity contribution is 5.96. The molecule has 0 aromatic heterocycles. The van der Waals surface area contributed by atoms with Gasteiger partial charge in [0.05, 0.1) is 19.8 Å². The Hall–Kier alpha value is -6.46. The maximum Gasteiger partial charge on any atom is 0.312 e. The second-order valence-corrected chi connectivity index (χ2v) is 16.7. The molecule has 3 aromatic rings. The molecule has 0 saturated heterocycles. The van der Waals surface area contributed by atoms with Gasteiger partial charge in [-0.15, -0.1) is 0 Å². The molecule has 0 spiro atoms. The smallest absolute Gasteiger partial charge is 0.312 e. The van der Waals surface area contributed by atoms with Crippen molar-refractivity contribution in [2.75, 3.05) is 138 Å². The molecule has 0 aliphatic heterocycles. The normalized spacial score (nSPS) is 11.1. The van der Waals surface area contributed by atoms with Crippen LogP contribution in [-0.4, -0.2) is 167 Å². The summed E-state index contributed by atoms with van der Waals surface area (Å²) in [6.45, 7) is 4.58. The molecule has 0 unspecified atom stereocenters. The van der Waals surface area contributed by atoms with E-state index < -0.39 is 11.6 Å². The second kappa shape index (κ2) is 39.9. The summed E-state index contributed by atoms with van der Waals surface area (Å²) in [4.78, 5) is 52.3. The highest BCUT2D eigenvalue weighted by Crippen LogP contribution is 2.26. The summed E-state index contributed by atoms with van der Waals surface area (Å²) in [6.07, 6.45) is 1.13. The topological polar surface area (TPSA) is 454 Å². The van der Waals surface area contributed by atoms with Gasteiger partial charge in [-0.2, -0.15) is 0 Å². The predicted molar refractivity (Wildman–Crippen MR) is 284 cm³/mol. The predicted octanol–water partition coefficient (Wildman–Crippen LogP) is -4.04. The number of carbonyl (C=O) groups is 4. The Morgan fingerprint density at radius 3 is 0.792 bits per heavy atom. The van der Waals surface area contributed by atoms with Gasteiger partial charge in [0.15, 0.2) is 0 Å². The molecule has 0 heterocycles. The van der Waals surface area contributed by atoms with Crippen molar-refractivity contribution in [2.45, 2.75) is 24.8 Å². The zero-order valence-corrected chi connectivity index (χ0v) is 43.5. The summed E-state index contributed by atoms with van der Waals surface area (Å²) in [5, 5.41) is 11.4. The van der Waals surface area contributed by atoms with Crippen LogP contribution in [-0.2, 0) is 14.2 Å². The molecule has 3 rings (SSSR count). The number of ether oxygens (including phenoxy) is 9. The lowest BCUT2D eigenvalue weighted by atomic mass is 10.0. The van der Waals surface area contributed by atoms with Gasteiger partial charge in [0.1, 0.15) is 79.7 Å². The molecular weight excluding hydrogens is 1010 g/mol. The Balaban J connectivity index is 1.64. The maximum absolute atomic E-state index is 13.2. The molecule has 77 heavy (non-hydrogen) atoms. The third-order valence-electron chi connectivity index (χ3n) is 10.3. The van der Waals surface area contributed by atoms with Crippen LogP contribution in [0.3, 0.4) is 0 Å². The van der Waals surface area contributed by atoms with Crippen LogP contribution < -0.4 is 123 Å². The summed E-state index contributed by atoms with van der Waals surface area (Å²) >= 11 is 0.